The van der Waals surface area contributed by atoms with E-state index in [9.17, 15) is 9.59 Å². The standard InChI is InChI=1S/C31H32N6O2/c38-28(18-24-9-3-5-15-32-24)20-26-11-13-30(36-34-26)22-7-1-2-8-23(17-22)31-14-12-27(35-37-31)21-29(39)19-25-10-4-6-16-33-25/h3-6,9-16,22-23H,1-2,7-8,17-21H2. The molecular weight excluding hydrogens is 488 g/mol. The van der Waals surface area contributed by atoms with Crippen LogP contribution in [0.1, 0.15) is 78.1 Å². The molecule has 0 N–H and O–H groups in total. The van der Waals surface area contributed by atoms with Gasteiger partial charge in [-0.3, -0.25) is 19.6 Å². The van der Waals surface area contributed by atoms with Gasteiger partial charge in [-0.05, 0) is 67.8 Å². The Balaban J connectivity index is 1.17. The average Bonchev–Trinajstić information content (AvgIpc) is 3.21. The summed E-state index contributed by atoms with van der Waals surface area (Å²) >= 11 is 0. The van der Waals surface area contributed by atoms with Crippen LogP contribution in [0, 0.1) is 0 Å². The largest absolute Gasteiger partial charge is 0.299 e. The Labute approximate surface area is 228 Å². The molecule has 4 aromatic rings. The fraction of sp³-hybridized carbons (Fsp3) is 0.355. The SMILES string of the molecule is O=C(Cc1ccccn1)Cc1ccc(C2CCCCC(c3ccc(CC(=O)Cc4ccccn4)nn3)C2)nn1. The summed E-state index contributed by atoms with van der Waals surface area (Å²) in [5, 5.41) is 17.8. The molecule has 0 aromatic carbocycles. The molecule has 0 aliphatic heterocycles. The van der Waals surface area contributed by atoms with Gasteiger partial charge in [0, 0.05) is 48.5 Å². The number of carbonyl (C=O) groups is 2. The van der Waals surface area contributed by atoms with Crippen molar-refractivity contribution in [2.75, 3.05) is 0 Å². The Morgan fingerprint density at radius 1 is 0.564 bits per heavy atom. The van der Waals surface area contributed by atoms with E-state index >= 15 is 0 Å². The molecule has 2 atom stereocenters. The highest BCUT2D eigenvalue weighted by molar-refractivity contribution is 5.82. The Morgan fingerprint density at radius 3 is 1.41 bits per heavy atom. The van der Waals surface area contributed by atoms with Gasteiger partial charge < -0.3 is 0 Å². The van der Waals surface area contributed by atoms with Crippen molar-refractivity contribution in [1.29, 1.82) is 0 Å². The highest BCUT2D eigenvalue weighted by Gasteiger charge is 2.25. The maximum absolute atomic E-state index is 12.4. The van der Waals surface area contributed by atoms with E-state index in [4.69, 9.17) is 0 Å². The van der Waals surface area contributed by atoms with Crippen LogP contribution >= 0.6 is 0 Å². The lowest BCUT2D eigenvalue weighted by molar-refractivity contribution is -0.118. The van der Waals surface area contributed by atoms with Crippen LogP contribution in [-0.2, 0) is 35.3 Å². The minimum absolute atomic E-state index is 0.0748. The van der Waals surface area contributed by atoms with Gasteiger partial charge in [0.05, 0.1) is 35.6 Å². The van der Waals surface area contributed by atoms with Crippen molar-refractivity contribution in [2.24, 2.45) is 0 Å². The first kappa shape index (κ1) is 26.4. The Bertz CT molecular complexity index is 1260. The van der Waals surface area contributed by atoms with Crippen LogP contribution in [-0.4, -0.2) is 41.9 Å². The van der Waals surface area contributed by atoms with Gasteiger partial charge in [-0.25, -0.2) is 0 Å². The molecule has 5 rings (SSSR count). The molecule has 8 heteroatoms. The van der Waals surface area contributed by atoms with Crippen molar-refractivity contribution in [3.05, 3.63) is 107 Å². The summed E-state index contributed by atoms with van der Waals surface area (Å²) in [6.45, 7) is 0. The molecule has 8 nitrogen and oxygen atoms in total. The van der Waals surface area contributed by atoms with Crippen molar-refractivity contribution >= 4 is 11.6 Å². The summed E-state index contributed by atoms with van der Waals surface area (Å²) < 4.78 is 0. The molecule has 0 radical (unpaired) electrons. The summed E-state index contributed by atoms with van der Waals surface area (Å²) in [5.74, 6) is 0.714. The zero-order valence-corrected chi connectivity index (χ0v) is 21.9. The lowest BCUT2D eigenvalue weighted by Crippen LogP contribution is -2.12. The maximum atomic E-state index is 12.4. The van der Waals surface area contributed by atoms with E-state index in [1.807, 2.05) is 60.7 Å². The number of hydrogen-bond acceptors (Lipinski definition) is 8. The smallest absolute Gasteiger partial charge is 0.144 e. The number of pyridine rings is 2. The molecular formula is C31H32N6O2. The van der Waals surface area contributed by atoms with E-state index in [2.05, 4.69) is 30.4 Å². The molecule has 0 saturated heterocycles. The monoisotopic (exact) mass is 520 g/mol. The Kier molecular flexibility index (Phi) is 8.83. The summed E-state index contributed by atoms with van der Waals surface area (Å²) in [7, 11) is 0. The van der Waals surface area contributed by atoms with Crippen molar-refractivity contribution in [3.63, 3.8) is 0 Å². The highest BCUT2D eigenvalue weighted by atomic mass is 16.1. The van der Waals surface area contributed by atoms with E-state index in [0.717, 1.165) is 54.9 Å². The average molecular weight is 521 g/mol. The zero-order valence-electron chi connectivity index (χ0n) is 21.9. The zero-order chi connectivity index (χ0) is 26.9. The maximum Gasteiger partial charge on any atom is 0.144 e. The van der Waals surface area contributed by atoms with Crippen LogP contribution in [0.15, 0.2) is 73.1 Å². The minimum atomic E-state index is 0.0748. The number of nitrogens with zero attached hydrogens (tertiary/aromatic N) is 6. The molecule has 39 heavy (non-hydrogen) atoms. The number of carbonyl (C=O) groups excluding carboxylic acids is 2. The summed E-state index contributed by atoms with van der Waals surface area (Å²) in [6.07, 6.45) is 9.78. The van der Waals surface area contributed by atoms with Gasteiger partial charge in [-0.2, -0.15) is 20.4 Å². The number of hydrogen-bond donors (Lipinski definition) is 0. The van der Waals surface area contributed by atoms with Gasteiger partial charge in [-0.1, -0.05) is 25.0 Å². The molecule has 1 aliphatic carbocycles. The molecule has 1 saturated carbocycles. The van der Waals surface area contributed by atoms with E-state index in [-0.39, 0.29) is 36.2 Å². The van der Waals surface area contributed by atoms with Crippen LogP contribution in [0.3, 0.4) is 0 Å². The fourth-order valence-electron chi connectivity index (χ4n) is 5.20. The first-order valence-corrected chi connectivity index (χ1v) is 13.6. The van der Waals surface area contributed by atoms with E-state index in [0.29, 0.717) is 24.2 Å². The van der Waals surface area contributed by atoms with Crippen LogP contribution in [0.5, 0.6) is 0 Å². The molecule has 0 amide bonds. The third-order valence-electron chi connectivity index (χ3n) is 7.21. The predicted octanol–water partition coefficient (Wildman–Crippen LogP) is 4.60. The van der Waals surface area contributed by atoms with E-state index < -0.39 is 0 Å². The second kappa shape index (κ2) is 13.0. The quantitative estimate of drug-likeness (QED) is 0.279. The van der Waals surface area contributed by atoms with Crippen LogP contribution in [0.2, 0.25) is 0 Å². The second-order valence-electron chi connectivity index (χ2n) is 10.2. The Morgan fingerprint density at radius 2 is 1.03 bits per heavy atom. The second-order valence-corrected chi connectivity index (χ2v) is 10.2. The summed E-state index contributed by atoms with van der Waals surface area (Å²) in [5.41, 5.74) is 4.83. The highest BCUT2D eigenvalue weighted by Crippen LogP contribution is 2.38. The molecule has 1 fully saturated rings. The molecule has 4 heterocycles. The molecule has 2 unspecified atom stereocenters. The van der Waals surface area contributed by atoms with E-state index in [1.165, 1.54) is 0 Å². The lowest BCUT2D eigenvalue weighted by Gasteiger charge is -2.19. The number of ketones is 2. The molecule has 198 valence electrons. The fourth-order valence-corrected chi connectivity index (χ4v) is 5.20. The number of rotatable bonds is 10. The summed E-state index contributed by atoms with van der Waals surface area (Å²) in [4.78, 5) is 33.3. The molecule has 1 aliphatic rings. The van der Waals surface area contributed by atoms with Crippen LogP contribution < -0.4 is 0 Å². The molecule has 0 bridgehead atoms. The first-order chi connectivity index (χ1) is 19.1. The normalized spacial score (nSPS) is 17.3. The van der Waals surface area contributed by atoms with Gasteiger partial charge in [0.2, 0.25) is 0 Å². The predicted molar refractivity (Wildman–Crippen MR) is 146 cm³/mol. The van der Waals surface area contributed by atoms with Crippen molar-refractivity contribution in [2.45, 2.75) is 69.6 Å². The third-order valence-corrected chi connectivity index (χ3v) is 7.21. The molecule has 4 aromatic heterocycles. The van der Waals surface area contributed by atoms with Crippen LogP contribution in [0.4, 0.5) is 0 Å². The van der Waals surface area contributed by atoms with Crippen LogP contribution in [0.25, 0.3) is 0 Å². The van der Waals surface area contributed by atoms with Crippen molar-refractivity contribution in [3.8, 4) is 0 Å². The number of aromatic nitrogens is 6. The van der Waals surface area contributed by atoms with Crippen molar-refractivity contribution in [1.82, 2.24) is 30.4 Å². The topological polar surface area (TPSA) is 111 Å². The van der Waals surface area contributed by atoms with E-state index in [1.54, 1.807) is 12.4 Å². The number of Topliss-reactive ketones (excluding diaryl/α,β-unsaturated/α-hetero) is 2. The van der Waals surface area contributed by atoms with Gasteiger partial charge in [0.15, 0.2) is 0 Å². The summed E-state index contributed by atoms with van der Waals surface area (Å²) in [6, 6.07) is 19.1. The van der Waals surface area contributed by atoms with Gasteiger partial charge in [0.1, 0.15) is 11.6 Å². The Hall–Kier alpha value is -4.20. The molecule has 0 spiro atoms. The van der Waals surface area contributed by atoms with Crippen molar-refractivity contribution < 1.29 is 9.59 Å². The first-order valence-electron chi connectivity index (χ1n) is 13.6. The lowest BCUT2D eigenvalue weighted by atomic mass is 9.88. The third kappa shape index (κ3) is 7.66. The van der Waals surface area contributed by atoms with Gasteiger partial charge in [0.25, 0.3) is 0 Å². The van der Waals surface area contributed by atoms with Gasteiger partial charge >= 0.3 is 0 Å². The minimum Gasteiger partial charge on any atom is -0.299 e. The van der Waals surface area contributed by atoms with Gasteiger partial charge in [-0.15, -0.1) is 0 Å².